The molecule has 0 spiro atoms. The van der Waals surface area contributed by atoms with Crippen LogP contribution in [0.1, 0.15) is 24.2 Å². The van der Waals surface area contributed by atoms with Gasteiger partial charge in [-0.2, -0.15) is 0 Å². The number of benzene rings is 2. The lowest BCUT2D eigenvalue weighted by Gasteiger charge is -2.36. The Morgan fingerprint density at radius 2 is 1.72 bits per heavy atom. The van der Waals surface area contributed by atoms with Crippen molar-refractivity contribution >= 4 is 11.9 Å². The molecular weight excluding hydrogens is 372 g/mol. The van der Waals surface area contributed by atoms with Crippen molar-refractivity contribution in [3.63, 3.8) is 0 Å². The average molecular weight is 396 g/mol. The van der Waals surface area contributed by atoms with Crippen molar-refractivity contribution in [3.8, 4) is 11.5 Å². The highest BCUT2D eigenvalue weighted by molar-refractivity contribution is 5.84. The molecule has 152 valence electrons. The van der Waals surface area contributed by atoms with Gasteiger partial charge in [-0.15, -0.1) is 0 Å². The van der Waals surface area contributed by atoms with Crippen LogP contribution in [0.4, 0.5) is 0 Å². The number of hydrogen-bond donors (Lipinski definition) is 0. The summed E-state index contributed by atoms with van der Waals surface area (Å²) in [6.07, 6.45) is -0.894. The summed E-state index contributed by atoms with van der Waals surface area (Å²) in [5.41, 5.74) is 1.84. The molecule has 0 radical (unpaired) electrons. The molecule has 0 bridgehead atoms. The van der Waals surface area contributed by atoms with Gasteiger partial charge in [0.25, 0.3) is 5.91 Å². The van der Waals surface area contributed by atoms with E-state index in [0.717, 1.165) is 36.7 Å². The van der Waals surface area contributed by atoms with Crippen molar-refractivity contribution in [2.45, 2.75) is 19.6 Å². The zero-order valence-electron chi connectivity index (χ0n) is 16.4. The fourth-order valence-electron chi connectivity index (χ4n) is 3.64. The summed E-state index contributed by atoms with van der Waals surface area (Å²) < 4.78 is 16.1. The van der Waals surface area contributed by atoms with E-state index in [0.29, 0.717) is 18.7 Å². The molecule has 2 aliphatic rings. The molecule has 1 fully saturated rings. The van der Waals surface area contributed by atoms with Gasteiger partial charge in [0.15, 0.2) is 11.5 Å². The third-order valence-corrected chi connectivity index (χ3v) is 5.14. The van der Waals surface area contributed by atoms with E-state index in [1.807, 2.05) is 36.4 Å². The van der Waals surface area contributed by atoms with Crippen LogP contribution in [0, 0.1) is 0 Å². The molecule has 1 atom stereocenters. The van der Waals surface area contributed by atoms with E-state index in [2.05, 4.69) is 4.90 Å². The van der Waals surface area contributed by atoms with Gasteiger partial charge >= 0.3 is 5.97 Å². The zero-order chi connectivity index (χ0) is 20.2. The maximum atomic E-state index is 13.0. The van der Waals surface area contributed by atoms with Crippen LogP contribution in [0.2, 0.25) is 0 Å². The number of amides is 1. The van der Waals surface area contributed by atoms with Gasteiger partial charge in [0.2, 0.25) is 12.9 Å². The van der Waals surface area contributed by atoms with Gasteiger partial charge in [-0.25, -0.2) is 0 Å². The Kier molecular flexibility index (Phi) is 5.67. The SMILES string of the molecule is CC(=O)O[C@H](C(=O)N1CCN(Cc2ccc3c(c2)OCO3)CC1)c1ccccc1. The van der Waals surface area contributed by atoms with Crippen molar-refractivity contribution < 1.29 is 23.8 Å². The fraction of sp³-hybridized carbons (Fsp3) is 0.364. The Labute approximate surface area is 169 Å². The van der Waals surface area contributed by atoms with Crippen LogP contribution in [-0.4, -0.2) is 54.6 Å². The summed E-state index contributed by atoms with van der Waals surface area (Å²) in [6, 6.07) is 15.1. The minimum atomic E-state index is -0.894. The third-order valence-electron chi connectivity index (χ3n) is 5.14. The molecule has 7 nitrogen and oxygen atoms in total. The number of hydrogen-bond acceptors (Lipinski definition) is 6. The van der Waals surface area contributed by atoms with E-state index in [9.17, 15) is 9.59 Å². The zero-order valence-corrected chi connectivity index (χ0v) is 16.4. The lowest BCUT2D eigenvalue weighted by Crippen LogP contribution is -2.50. The summed E-state index contributed by atoms with van der Waals surface area (Å²) in [7, 11) is 0. The van der Waals surface area contributed by atoms with E-state index < -0.39 is 12.1 Å². The standard InChI is InChI=1S/C22H24N2O5/c1-16(25)29-21(18-5-3-2-4-6-18)22(26)24-11-9-23(10-12-24)14-17-7-8-19-20(13-17)28-15-27-19/h2-8,13,21H,9-12,14-15H2,1H3/t21-/m0/s1. The Bertz CT molecular complexity index is 878. The molecule has 2 aromatic rings. The number of piperazine rings is 1. The van der Waals surface area contributed by atoms with Crippen molar-refractivity contribution in [2.24, 2.45) is 0 Å². The number of carbonyl (C=O) groups excluding carboxylic acids is 2. The minimum Gasteiger partial charge on any atom is -0.454 e. The number of nitrogens with zero attached hydrogens (tertiary/aromatic N) is 2. The predicted molar refractivity (Wildman–Crippen MR) is 105 cm³/mol. The minimum absolute atomic E-state index is 0.172. The number of fused-ring (bicyclic) bond motifs is 1. The van der Waals surface area contributed by atoms with E-state index in [4.69, 9.17) is 14.2 Å². The summed E-state index contributed by atoms with van der Waals surface area (Å²) in [6.45, 7) is 5.06. The van der Waals surface area contributed by atoms with E-state index >= 15 is 0 Å². The topological polar surface area (TPSA) is 68.3 Å². The highest BCUT2D eigenvalue weighted by Crippen LogP contribution is 2.33. The average Bonchev–Trinajstić information content (AvgIpc) is 3.20. The molecule has 0 aromatic heterocycles. The molecule has 1 saturated heterocycles. The first-order chi connectivity index (χ1) is 14.1. The van der Waals surface area contributed by atoms with Gasteiger partial charge in [0, 0.05) is 45.2 Å². The Morgan fingerprint density at radius 1 is 1.00 bits per heavy atom. The Hall–Kier alpha value is -3.06. The van der Waals surface area contributed by atoms with Crippen molar-refractivity contribution in [2.75, 3.05) is 33.0 Å². The summed E-state index contributed by atoms with van der Waals surface area (Å²) in [5, 5.41) is 0. The largest absolute Gasteiger partial charge is 0.454 e. The number of carbonyl (C=O) groups is 2. The molecule has 4 rings (SSSR count). The highest BCUT2D eigenvalue weighted by atomic mass is 16.7. The molecular formula is C22H24N2O5. The first-order valence-electron chi connectivity index (χ1n) is 9.72. The Balaban J connectivity index is 1.36. The van der Waals surface area contributed by atoms with Crippen LogP contribution >= 0.6 is 0 Å². The lowest BCUT2D eigenvalue weighted by atomic mass is 10.1. The molecule has 0 unspecified atom stereocenters. The summed E-state index contributed by atoms with van der Waals surface area (Å²) >= 11 is 0. The van der Waals surface area contributed by atoms with Gasteiger partial charge in [0.05, 0.1) is 0 Å². The molecule has 2 aromatic carbocycles. The van der Waals surface area contributed by atoms with Crippen LogP contribution in [0.5, 0.6) is 11.5 Å². The van der Waals surface area contributed by atoms with Gasteiger partial charge in [0.1, 0.15) is 0 Å². The number of esters is 1. The van der Waals surface area contributed by atoms with Crippen molar-refractivity contribution in [1.82, 2.24) is 9.80 Å². The van der Waals surface area contributed by atoms with Gasteiger partial charge in [-0.3, -0.25) is 14.5 Å². The van der Waals surface area contributed by atoms with Crippen LogP contribution in [-0.2, 0) is 20.9 Å². The van der Waals surface area contributed by atoms with Crippen LogP contribution in [0.25, 0.3) is 0 Å². The highest BCUT2D eigenvalue weighted by Gasteiger charge is 2.31. The van der Waals surface area contributed by atoms with Crippen LogP contribution < -0.4 is 9.47 Å². The third kappa shape index (κ3) is 4.51. The second-order valence-corrected chi connectivity index (χ2v) is 7.19. The van der Waals surface area contributed by atoms with Crippen LogP contribution in [0.3, 0.4) is 0 Å². The van der Waals surface area contributed by atoms with Crippen molar-refractivity contribution in [1.29, 1.82) is 0 Å². The summed E-state index contributed by atoms with van der Waals surface area (Å²) in [4.78, 5) is 28.6. The molecule has 7 heteroatoms. The molecule has 2 aliphatic heterocycles. The summed E-state index contributed by atoms with van der Waals surface area (Å²) in [5.74, 6) is 0.924. The fourth-order valence-corrected chi connectivity index (χ4v) is 3.64. The van der Waals surface area contributed by atoms with Crippen molar-refractivity contribution in [3.05, 3.63) is 59.7 Å². The predicted octanol–water partition coefficient (Wildman–Crippen LogP) is 2.36. The quantitative estimate of drug-likeness (QED) is 0.723. The molecule has 0 N–H and O–H groups in total. The first-order valence-corrected chi connectivity index (χ1v) is 9.72. The van der Waals surface area contributed by atoms with Gasteiger partial charge in [-0.05, 0) is 17.7 Å². The maximum absolute atomic E-state index is 13.0. The van der Waals surface area contributed by atoms with E-state index in [-0.39, 0.29) is 12.7 Å². The van der Waals surface area contributed by atoms with Gasteiger partial charge < -0.3 is 19.1 Å². The molecule has 2 heterocycles. The second kappa shape index (κ2) is 8.53. The van der Waals surface area contributed by atoms with Gasteiger partial charge in [-0.1, -0.05) is 36.4 Å². The monoisotopic (exact) mass is 396 g/mol. The normalized spacial score (nSPS) is 17.1. The molecule has 0 aliphatic carbocycles. The maximum Gasteiger partial charge on any atom is 0.303 e. The lowest BCUT2D eigenvalue weighted by molar-refractivity contribution is -0.160. The van der Waals surface area contributed by atoms with E-state index in [1.165, 1.54) is 6.92 Å². The molecule has 1 amide bonds. The molecule has 0 saturated carbocycles. The Morgan fingerprint density at radius 3 is 2.45 bits per heavy atom. The molecule has 29 heavy (non-hydrogen) atoms. The second-order valence-electron chi connectivity index (χ2n) is 7.19. The smallest absolute Gasteiger partial charge is 0.303 e. The first kappa shape index (κ1) is 19.3. The van der Waals surface area contributed by atoms with Crippen LogP contribution in [0.15, 0.2) is 48.5 Å². The number of ether oxygens (including phenoxy) is 3. The number of rotatable bonds is 5. The van der Waals surface area contributed by atoms with E-state index in [1.54, 1.807) is 17.0 Å².